The Balaban J connectivity index is 1.41. The molecular formula is C24H18Cl2N4O3S. The van der Waals surface area contributed by atoms with E-state index in [0.717, 1.165) is 10.9 Å². The van der Waals surface area contributed by atoms with Gasteiger partial charge in [-0.05, 0) is 48.5 Å². The normalized spacial score (nSPS) is 14.9. The summed E-state index contributed by atoms with van der Waals surface area (Å²) >= 11 is 12.8. The summed E-state index contributed by atoms with van der Waals surface area (Å²) in [5.41, 5.74) is 3.33. The molecule has 2 N–H and O–H groups in total. The maximum absolute atomic E-state index is 12.9. The monoisotopic (exact) mass is 512 g/mol. The van der Waals surface area contributed by atoms with Gasteiger partial charge in [-0.25, -0.2) is 4.98 Å². The molecule has 1 aromatic heterocycles. The lowest BCUT2D eigenvalue weighted by Gasteiger charge is -2.17. The van der Waals surface area contributed by atoms with Gasteiger partial charge >= 0.3 is 10.2 Å². The second-order valence-electron chi connectivity index (χ2n) is 7.67. The Kier molecular flexibility index (Phi) is 5.91. The van der Waals surface area contributed by atoms with Gasteiger partial charge in [0.25, 0.3) is 5.91 Å². The number of benzene rings is 3. The maximum Gasteiger partial charge on any atom is 0.301 e. The maximum atomic E-state index is 12.9. The van der Waals surface area contributed by atoms with Crippen molar-refractivity contribution < 1.29 is 13.2 Å². The van der Waals surface area contributed by atoms with Crippen LogP contribution in [0, 0.1) is 0 Å². The van der Waals surface area contributed by atoms with Crippen molar-refractivity contribution >= 4 is 61.6 Å². The molecule has 0 atom stereocenters. The summed E-state index contributed by atoms with van der Waals surface area (Å²) in [5, 5.41) is 4.49. The molecular weight excluding hydrogens is 495 g/mol. The minimum Gasteiger partial charge on any atom is -0.322 e. The predicted molar refractivity (Wildman–Crippen MR) is 136 cm³/mol. The third-order valence-corrected chi connectivity index (χ3v) is 7.66. The fourth-order valence-corrected chi connectivity index (χ4v) is 5.50. The number of aromatic nitrogens is 1. The number of nitrogens with zero attached hydrogens (tertiary/aromatic N) is 2. The van der Waals surface area contributed by atoms with E-state index < -0.39 is 16.1 Å². The first kappa shape index (κ1) is 22.6. The van der Waals surface area contributed by atoms with Gasteiger partial charge < -0.3 is 5.32 Å². The summed E-state index contributed by atoms with van der Waals surface area (Å²) in [6, 6.07) is 21.3. The van der Waals surface area contributed by atoms with Gasteiger partial charge in [0.2, 0.25) is 0 Å². The number of para-hydroxylation sites is 1. The summed E-state index contributed by atoms with van der Waals surface area (Å²) in [7, 11) is -3.58. The van der Waals surface area contributed by atoms with Crippen molar-refractivity contribution in [3.05, 3.63) is 88.4 Å². The van der Waals surface area contributed by atoms with Crippen molar-refractivity contribution in [2.45, 2.75) is 0 Å². The summed E-state index contributed by atoms with van der Waals surface area (Å²) < 4.78 is 27.8. The van der Waals surface area contributed by atoms with Crippen LogP contribution in [0.15, 0.2) is 72.8 Å². The van der Waals surface area contributed by atoms with Crippen molar-refractivity contribution in [1.82, 2.24) is 9.71 Å². The van der Waals surface area contributed by atoms with Crippen LogP contribution in [0.2, 0.25) is 10.0 Å². The van der Waals surface area contributed by atoms with Gasteiger partial charge in [-0.2, -0.15) is 13.1 Å². The Morgan fingerprint density at radius 3 is 2.56 bits per heavy atom. The molecule has 1 saturated heterocycles. The third kappa shape index (κ3) is 4.33. The van der Waals surface area contributed by atoms with Gasteiger partial charge in [-0.15, -0.1) is 0 Å². The minimum atomic E-state index is -3.58. The first-order valence-corrected chi connectivity index (χ1v) is 12.6. The average molecular weight is 513 g/mol. The summed E-state index contributed by atoms with van der Waals surface area (Å²) in [4.78, 5) is 17.6. The topological polar surface area (TPSA) is 91.4 Å². The highest BCUT2D eigenvalue weighted by Crippen LogP contribution is 2.32. The predicted octanol–water partition coefficient (Wildman–Crippen LogP) is 5.12. The quantitative estimate of drug-likeness (QED) is 0.397. The first-order valence-electron chi connectivity index (χ1n) is 10.4. The number of anilines is 2. The number of carbonyl (C=O) groups is 1. The molecule has 5 rings (SSSR count). The molecule has 1 fully saturated rings. The fraction of sp³-hybridized carbons (Fsp3) is 0.0833. The van der Waals surface area contributed by atoms with Gasteiger partial charge in [0, 0.05) is 29.7 Å². The zero-order chi connectivity index (χ0) is 23.9. The van der Waals surface area contributed by atoms with Crippen molar-refractivity contribution in [2.75, 3.05) is 22.7 Å². The van der Waals surface area contributed by atoms with Crippen LogP contribution in [-0.4, -0.2) is 32.4 Å². The van der Waals surface area contributed by atoms with Gasteiger partial charge in [-0.1, -0.05) is 47.5 Å². The molecule has 0 bridgehead atoms. The number of carbonyl (C=O) groups excluding carboxylic acids is 1. The lowest BCUT2D eigenvalue weighted by molar-refractivity contribution is 0.102. The molecule has 0 spiro atoms. The van der Waals surface area contributed by atoms with Crippen LogP contribution in [0.4, 0.5) is 11.4 Å². The fourth-order valence-electron chi connectivity index (χ4n) is 3.80. The van der Waals surface area contributed by atoms with Crippen LogP contribution in [0.25, 0.3) is 22.2 Å². The highest BCUT2D eigenvalue weighted by molar-refractivity contribution is 7.91. The summed E-state index contributed by atoms with van der Waals surface area (Å²) in [6.07, 6.45) is 0. The molecule has 10 heteroatoms. The number of rotatable bonds is 4. The number of amides is 1. The SMILES string of the molecule is O=C(Nc1ccc(Cl)c(-c2ccc3ccccc3n2)c1)c1ccc(N2CCNS2(=O)=O)cc1Cl. The van der Waals surface area contributed by atoms with E-state index in [4.69, 9.17) is 23.2 Å². The number of nitrogens with one attached hydrogen (secondary N) is 2. The molecule has 0 aliphatic carbocycles. The molecule has 172 valence electrons. The van der Waals surface area contributed by atoms with Crippen LogP contribution in [0.1, 0.15) is 10.4 Å². The lowest BCUT2D eigenvalue weighted by atomic mass is 10.1. The number of halogens is 2. The van der Waals surface area contributed by atoms with Gasteiger partial charge in [0.15, 0.2) is 0 Å². The van der Waals surface area contributed by atoms with Crippen LogP contribution < -0.4 is 14.3 Å². The highest BCUT2D eigenvalue weighted by Gasteiger charge is 2.28. The zero-order valence-electron chi connectivity index (χ0n) is 17.6. The minimum absolute atomic E-state index is 0.141. The molecule has 0 radical (unpaired) electrons. The molecule has 2 heterocycles. The van der Waals surface area contributed by atoms with E-state index >= 15 is 0 Å². The Morgan fingerprint density at radius 2 is 1.79 bits per heavy atom. The Bertz CT molecular complexity index is 1540. The number of hydrogen-bond donors (Lipinski definition) is 2. The number of hydrogen-bond acceptors (Lipinski definition) is 4. The molecule has 0 unspecified atom stereocenters. The third-order valence-electron chi connectivity index (χ3n) is 5.47. The van der Waals surface area contributed by atoms with E-state index in [1.165, 1.54) is 16.4 Å². The van der Waals surface area contributed by atoms with E-state index in [0.29, 0.717) is 40.7 Å². The second-order valence-corrected chi connectivity index (χ2v) is 10.2. The summed E-state index contributed by atoms with van der Waals surface area (Å²) in [6.45, 7) is 0.605. The van der Waals surface area contributed by atoms with E-state index in [1.807, 2.05) is 36.4 Å². The smallest absolute Gasteiger partial charge is 0.301 e. The van der Waals surface area contributed by atoms with E-state index in [1.54, 1.807) is 24.3 Å². The molecule has 3 aromatic carbocycles. The second kappa shape index (κ2) is 8.88. The lowest BCUT2D eigenvalue weighted by Crippen LogP contribution is -2.29. The first-order chi connectivity index (χ1) is 16.3. The molecule has 0 saturated carbocycles. The Labute approximate surface area is 206 Å². The number of pyridine rings is 1. The van der Waals surface area contributed by atoms with Gasteiger partial charge in [0.1, 0.15) is 0 Å². The van der Waals surface area contributed by atoms with Crippen molar-refractivity contribution in [3.8, 4) is 11.3 Å². The van der Waals surface area contributed by atoms with Gasteiger partial charge in [-0.3, -0.25) is 9.10 Å². The van der Waals surface area contributed by atoms with E-state index in [9.17, 15) is 13.2 Å². The van der Waals surface area contributed by atoms with Crippen LogP contribution in [0.5, 0.6) is 0 Å². The standard InChI is InChI=1S/C24H18Cl2N4O3S/c25-20-9-6-16(13-19(20)23-10-5-15-3-1-2-4-22(15)29-23)28-24(31)18-8-7-17(14-21(18)26)30-12-11-27-34(30,32)33/h1-10,13-14,27H,11-12H2,(H,28,31). The van der Waals surface area contributed by atoms with Crippen molar-refractivity contribution in [1.29, 1.82) is 0 Å². The summed E-state index contributed by atoms with van der Waals surface area (Å²) in [5.74, 6) is -0.432. The van der Waals surface area contributed by atoms with Gasteiger partial charge in [0.05, 0.1) is 32.5 Å². The van der Waals surface area contributed by atoms with Crippen LogP contribution >= 0.6 is 23.2 Å². The molecule has 7 nitrogen and oxygen atoms in total. The average Bonchev–Trinajstić information content (AvgIpc) is 3.18. The Hall–Kier alpha value is -3.17. The van der Waals surface area contributed by atoms with Crippen molar-refractivity contribution in [3.63, 3.8) is 0 Å². The van der Waals surface area contributed by atoms with Crippen molar-refractivity contribution in [2.24, 2.45) is 0 Å². The zero-order valence-corrected chi connectivity index (χ0v) is 20.0. The van der Waals surface area contributed by atoms with Crippen LogP contribution in [0.3, 0.4) is 0 Å². The number of fused-ring (bicyclic) bond motifs is 1. The molecule has 1 aliphatic heterocycles. The highest BCUT2D eigenvalue weighted by atomic mass is 35.5. The molecule has 34 heavy (non-hydrogen) atoms. The van der Waals surface area contributed by atoms with Crippen LogP contribution in [-0.2, 0) is 10.2 Å². The molecule has 1 amide bonds. The van der Waals surface area contributed by atoms with E-state index in [-0.39, 0.29) is 10.6 Å². The Morgan fingerprint density at radius 1 is 0.971 bits per heavy atom. The largest absolute Gasteiger partial charge is 0.322 e. The van der Waals surface area contributed by atoms with E-state index in [2.05, 4.69) is 15.0 Å². The molecule has 4 aromatic rings. The molecule has 1 aliphatic rings.